The number of hydrogen-bond donors (Lipinski definition) is 5. The number of rotatable bonds is 1. The molecule has 0 aliphatic rings. The van der Waals surface area contributed by atoms with Crippen LogP contribution < -0.4 is 11.5 Å². The molecule has 0 fully saturated rings. The third-order valence-corrected chi connectivity index (χ3v) is 0.167. The first-order chi connectivity index (χ1) is 7.11. The Morgan fingerprint density at radius 1 is 0.765 bits per heavy atom. The molecule has 0 aromatic heterocycles. The Bertz CT molecular complexity index is 142. The molecule has 0 unspecified atom stereocenters. The van der Waals surface area contributed by atoms with Crippen molar-refractivity contribution in [3.05, 3.63) is 0 Å². The first kappa shape index (κ1) is 29.5. The highest BCUT2D eigenvalue weighted by Gasteiger charge is 1.66. The minimum absolute atomic E-state index is 0. The van der Waals surface area contributed by atoms with Gasteiger partial charge in [0.05, 0.1) is 0 Å². The van der Waals surface area contributed by atoms with Crippen molar-refractivity contribution in [2.45, 2.75) is 20.8 Å². The fraction of sp³-hybridized carbons (Fsp3) is 0.625. The van der Waals surface area contributed by atoms with Crippen molar-refractivity contribution in [3.63, 3.8) is 0 Å². The summed E-state index contributed by atoms with van der Waals surface area (Å²) >= 11 is 0. The highest BCUT2D eigenvalue weighted by Crippen LogP contribution is 1.42. The summed E-state index contributed by atoms with van der Waals surface area (Å²) in [6, 6.07) is 0. The molecular formula is C8H22N2O7. The molecule has 0 aromatic rings. The summed E-state index contributed by atoms with van der Waals surface area (Å²) in [6.07, 6.45) is 0. The molecule has 17 heavy (non-hydrogen) atoms. The highest BCUT2D eigenvalue weighted by molar-refractivity contribution is 5.63. The molecule has 0 radical (unpaired) electrons. The van der Waals surface area contributed by atoms with Crippen molar-refractivity contribution in [2.24, 2.45) is 11.5 Å². The van der Waals surface area contributed by atoms with Gasteiger partial charge in [0.2, 0.25) is 0 Å². The van der Waals surface area contributed by atoms with Crippen molar-refractivity contribution < 1.29 is 35.2 Å². The van der Waals surface area contributed by atoms with Gasteiger partial charge in [-0.1, -0.05) is 0 Å². The Hall–Kier alpha value is -1.71. The smallest absolute Gasteiger partial charge is 0.300 e. The number of nitrogens with two attached hydrogens (primary N) is 2. The van der Waals surface area contributed by atoms with Gasteiger partial charge in [-0.05, 0) is 0 Å². The second-order valence-electron chi connectivity index (χ2n) is 2.13. The lowest BCUT2D eigenvalue weighted by Gasteiger charge is -1.72. The molecule has 0 aliphatic carbocycles. The van der Waals surface area contributed by atoms with E-state index in [1.165, 1.54) is 0 Å². The Kier molecular flexibility index (Phi) is 50.7. The average Bonchev–Trinajstić information content (AvgIpc) is 2.00. The van der Waals surface area contributed by atoms with E-state index < -0.39 is 17.9 Å². The van der Waals surface area contributed by atoms with E-state index in [0.717, 1.165) is 20.8 Å². The van der Waals surface area contributed by atoms with Crippen LogP contribution >= 0.6 is 0 Å². The number of carbonyl (C=O) groups is 3. The Morgan fingerprint density at radius 2 is 0.824 bits per heavy atom. The van der Waals surface area contributed by atoms with Crippen LogP contribution in [-0.4, -0.2) is 51.8 Å². The molecule has 0 saturated heterocycles. The van der Waals surface area contributed by atoms with Crippen LogP contribution in [0.5, 0.6) is 0 Å². The SMILES string of the molecule is CC(=O)O.CC(=O)O.CC(=O)O.NCCN.O. The van der Waals surface area contributed by atoms with Gasteiger partial charge >= 0.3 is 0 Å². The summed E-state index contributed by atoms with van der Waals surface area (Å²) in [4.78, 5) is 27.0. The van der Waals surface area contributed by atoms with Crippen molar-refractivity contribution in [3.8, 4) is 0 Å². The molecule has 9 nitrogen and oxygen atoms in total. The Labute approximate surface area is 99.3 Å². The van der Waals surface area contributed by atoms with Crippen LogP contribution in [0.2, 0.25) is 0 Å². The lowest BCUT2D eigenvalue weighted by molar-refractivity contribution is -0.135. The van der Waals surface area contributed by atoms with Gasteiger partial charge in [0.1, 0.15) is 0 Å². The summed E-state index contributed by atoms with van der Waals surface area (Å²) in [5.74, 6) is -2.50. The zero-order valence-electron chi connectivity index (χ0n) is 10.1. The zero-order chi connectivity index (χ0) is 14.1. The summed E-state index contributed by atoms with van der Waals surface area (Å²) < 4.78 is 0. The summed E-state index contributed by atoms with van der Waals surface area (Å²) in [6.45, 7) is 4.44. The van der Waals surface area contributed by atoms with Gasteiger partial charge in [0.25, 0.3) is 17.9 Å². The minimum atomic E-state index is -0.833. The second-order valence-corrected chi connectivity index (χ2v) is 2.13. The van der Waals surface area contributed by atoms with Gasteiger partial charge in [0, 0.05) is 33.9 Å². The van der Waals surface area contributed by atoms with E-state index in [1.807, 2.05) is 0 Å². The first-order valence-corrected chi connectivity index (χ1v) is 4.10. The topological polar surface area (TPSA) is 195 Å². The van der Waals surface area contributed by atoms with E-state index in [1.54, 1.807) is 0 Å². The quantitative estimate of drug-likeness (QED) is 0.368. The summed E-state index contributed by atoms with van der Waals surface area (Å²) in [7, 11) is 0. The zero-order valence-corrected chi connectivity index (χ0v) is 10.1. The molecule has 0 aromatic carbocycles. The molecule has 0 spiro atoms. The molecule has 0 saturated carbocycles. The van der Waals surface area contributed by atoms with Crippen LogP contribution in [0, 0.1) is 0 Å². The third kappa shape index (κ3) is 4280. The van der Waals surface area contributed by atoms with Gasteiger partial charge < -0.3 is 32.3 Å². The lowest BCUT2D eigenvalue weighted by Crippen LogP contribution is -2.11. The monoisotopic (exact) mass is 258 g/mol. The maximum absolute atomic E-state index is 9.00. The van der Waals surface area contributed by atoms with Crippen molar-refractivity contribution >= 4 is 17.9 Å². The summed E-state index contributed by atoms with van der Waals surface area (Å²) in [5, 5.41) is 22.2. The van der Waals surface area contributed by atoms with Crippen LogP contribution in [0.4, 0.5) is 0 Å². The molecule has 106 valence electrons. The van der Waals surface area contributed by atoms with Crippen LogP contribution in [0.15, 0.2) is 0 Å². The molecular weight excluding hydrogens is 236 g/mol. The number of carboxylic acid groups (broad SMARTS) is 3. The largest absolute Gasteiger partial charge is 0.481 e. The Balaban J connectivity index is -0.0000000369. The molecule has 0 heterocycles. The predicted octanol–water partition coefficient (Wildman–Crippen LogP) is -1.65. The van der Waals surface area contributed by atoms with Gasteiger partial charge in [-0.2, -0.15) is 0 Å². The van der Waals surface area contributed by atoms with E-state index >= 15 is 0 Å². The fourth-order valence-electron chi connectivity index (χ4n) is 0. The number of carboxylic acids is 3. The molecule has 9 heteroatoms. The van der Waals surface area contributed by atoms with Gasteiger partial charge in [-0.3, -0.25) is 14.4 Å². The standard InChI is InChI=1S/C2H8N2.3C2H4O2.H2O/c3-1-2-4;3*1-2(3)4;/h1-4H2;3*1H3,(H,3,4);1H2. The normalized spacial score (nSPS) is 6.18. The van der Waals surface area contributed by atoms with Crippen LogP contribution in [-0.2, 0) is 14.4 Å². The molecule has 0 atom stereocenters. The third-order valence-electron chi connectivity index (χ3n) is 0.167. The van der Waals surface area contributed by atoms with E-state index in [9.17, 15) is 0 Å². The molecule has 0 aliphatic heterocycles. The van der Waals surface area contributed by atoms with Crippen LogP contribution in [0.3, 0.4) is 0 Å². The maximum atomic E-state index is 9.00. The average molecular weight is 258 g/mol. The highest BCUT2D eigenvalue weighted by atomic mass is 16.4. The lowest BCUT2D eigenvalue weighted by atomic mass is 10.7. The fourth-order valence-corrected chi connectivity index (χ4v) is 0. The predicted molar refractivity (Wildman–Crippen MR) is 61.7 cm³/mol. The van der Waals surface area contributed by atoms with E-state index in [-0.39, 0.29) is 5.48 Å². The van der Waals surface area contributed by atoms with Crippen LogP contribution in [0.1, 0.15) is 20.8 Å². The number of hydrogen-bond acceptors (Lipinski definition) is 5. The van der Waals surface area contributed by atoms with Gasteiger partial charge in [-0.15, -0.1) is 0 Å². The molecule has 0 rings (SSSR count). The molecule has 0 bridgehead atoms. The number of aliphatic carboxylic acids is 3. The van der Waals surface area contributed by atoms with Gasteiger partial charge in [-0.25, -0.2) is 0 Å². The van der Waals surface area contributed by atoms with Crippen molar-refractivity contribution in [1.82, 2.24) is 0 Å². The second kappa shape index (κ2) is 29.2. The first-order valence-electron chi connectivity index (χ1n) is 4.10. The molecule has 0 amide bonds. The summed E-state index contributed by atoms with van der Waals surface area (Å²) in [5.41, 5.74) is 9.81. The van der Waals surface area contributed by atoms with E-state index in [2.05, 4.69) is 0 Å². The van der Waals surface area contributed by atoms with Crippen molar-refractivity contribution in [2.75, 3.05) is 13.1 Å². The maximum Gasteiger partial charge on any atom is 0.300 e. The van der Waals surface area contributed by atoms with Crippen molar-refractivity contribution in [1.29, 1.82) is 0 Å². The van der Waals surface area contributed by atoms with E-state index in [4.69, 9.17) is 41.2 Å². The Morgan fingerprint density at radius 3 is 0.824 bits per heavy atom. The van der Waals surface area contributed by atoms with Crippen LogP contribution in [0.25, 0.3) is 0 Å². The van der Waals surface area contributed by atoms with Gasteiger partial charge in [0.15, 0.2) is 0 Å². The van der Waals surface area contributed by atoms with E-state index in [0.29, 0.717) is 13.1 Å². The minimum Gasteiger partial charge on any atom is -0.481 e. The molecule has 9 N–H and O–H groups in total.